The van der Waals surface area contributed by atoms with Gasteiger partial charge in [-0.15, -0.1) is 11.3 Å². The maximum absolute atomic E-state index is 13.0. The van der Waals surface area contributed by atoms with Gasteiger partial charge in [0.15, 0.2) is 0 Å². The lowest BCUT2D eigenvalue weighted by Gasteiger charge is -2.26. The molecule has 1 aliphatic heterocycles. The lowest BCUT2D eigenvalue weighted by atomic mass is 10.1. The first-order valence-electron chi connectivity index (χ1n) is 9.14. The topological polar surface area (TPSA) is 128 Å². The maximum atomic E-state index is 13.0. The van der Waals surface area contributed by atoms with E-state index in [1.54, 1.807) is 6.92 Å². The molecule has 1 fully saturated rings. The van der Waals surface area contributed by atoms with E-state index in [2.05, 4.69) is 5.32 Å². The normalized spacial score (nSPS) is 15.0. The van der Waals surface area contributed by atoms with Crippen LogP contribution >= 0.6 is 11.3 Å². The molecule has 1 aromatic carbocycles. The van der Waals surface area contributed by atoms with Crippen LogP contribution < -0.4 is 15.8 Å². The minimum absolute atomic E-state index is 0.0241. The first kappa shape index (κ1) is 22.2. The highest BCUT2D eigenvalue weighted by molar-refractivity contribution is 7.89. The van der Waals surface area contributed by atoms with Gasteiger partial charge in [0, 0.05) is 18.0 Å². The molecule has 9 nitrogen and oxygen atoms in total. The third-order valence-corrected chi connectivity index (χ3v) is 7.90. The largest absolute Gasteiger partial charge is 0.496 e. The summed E-state index contributed by atoms with van der Waals surface area (Å²) in [5, 5.41) is 2.98. The van der Waals surface area contributed by atoms with Crippen molar-refractivity contribution in [1.82, 2.24) is 4.31 Å². The van der Waals surface area contributed by atoms with E-state index in [4.69, 9.17) is 15.2 Å². The first-order valence-corrected chi connectivity index (χ1v) is 11.4. The van der Waals surface area contributed by atoms with E-state index in [-0.39, 0.29) is 34.9 Å². The van der Waals surface area contributed by atoms with Gasteiger partial charge in [0.05, 0.1) is 36.3 Å². The number of nitrogens with one attached hydrogen (secondary N) is 1. The summed E-state index contributed by atoms with van der Waals surface area (Å²) in [6, 6.07) is 4.10. The fraction of sp³-hybridized carbons (Fsp3) is 0.368. The van der Waals surface area contributed by atoms with Gasteiger partial charge in [-0.05, 0) is 37.6 Å². The van der Waals surface area contributed by atoms with Gasteiger partial charge < -0.3 is 20.5 Å². The molecule has 2 aromatic rings. The molecule has 0 atom stereocenters. The number of hydrogen-bond acceptors (Lipinski definition) is 7. The summed E-state index contributed by atoms with van der Waals surface area (Å²) in [6.07, 6.45) is 0. The van der Waals surface area contributed by atoms with Crippen molar-refractivity contribution in [3.63, 3.8) is 0 Å². The number of methoxy groups -OCH3 is 1. The van der Waals surface area contributed by atoms with E-state index >= 15 is 0 Å². The van der Waals surface area contributed by atoms with Crippen LogP contribution in [0.3, 0.4) is 0 Å². The Hall–Kier alpha value is -2.47. The number of benzene rings is 1. The number of thiophene rings is 1. The summed E-state index contributed by atoms with van der Waals surface area (Å²) >= 11 is 1.22. The second kappa shape index (κ2) is 8.72. The van der Waals surface area contributed by atoms with E-state index < -0.39 is 21.8 Å². The number of nitrogens with two attached hydrogens (primary N) is 1. The molecule has 0 radical (unpaired) electrons. The molecule has 1 saturated heterocycles. The quantitative estimate of drug-likeness (QED) is 0.686. The van der Waals surface area contributed by atoms with Crippen molar-refractivity contribution in [3.8, 4) is 5.75 Å². The minimum Gasteiger partial charge on any atom is -0.496 e. The van der Waals surface area contributed by atoms with E-state index in [1.165, 1.54) is 41.0 Å². The molecule has 11 heteroatoms. The first-order chi connectivity index (χ1) is 14.2. The molecule has 0 spiro atoms. The number of rotatable bonds is 6. The molecular weight excluding hydrogens is 430 g/mol. The predicted molar refractivity (Wildman–Crippen MR) is 113 cm³/mol. The molecule has 2 heterocycles. The number of hydrogen-bond donors (Lipinski definition) is 2. The molecule has 2 amide bonds. The molecular formula is C19H23N3O6S2. The number of morpholine rings is 1. The molecule has 1 aromatic heterocycles. The number of carbonyl (C=O) groups excluding carboxylic acids is 2. The molecule has 0 saturated carbocycles. The summed E-state index contributed by atoms with van der Waals surface area (Å²) in [4.78, 5) is 25.6. The van der Waals surface area contributed by atoms with E-state index in [0.29, 0.717) is 23.8 Å². The highest BCUT2D eigenvalue weighted by Gasteiger charge is 2.28. The Balaban J connectivity index is 1.97. The van der Waals surface area contributed by atoms with Crippen molar-refractivity contribution in [3.05, 3.63) is 39.8 Å². The molecule has 0 unspecified atom stereocenters. The molecule has 3 N–H and O–H groups in total. The van der Waals surface area contributed by atoms with Crippen LogP contribution in [-0.4, -0.2) is 58.0 Å². The highest BCUT2D eigenvalue weighted by atomic mass is 32.2. The summed E-state index contributed by atoms with van der Waals surface area (Å²) in [5.41, 5.74) is 6.42. The van der Waals surface area contributed by atoms with Crippen molar-refractivity contribution in [1.29, 1.82) is 0 Å². The standard InChI is InChI=1S/C19H23N3O6S2/c1-11-12(2)29-19(16(11)17(20)23)21-18(24)14-10-13(4-5-15(14)27-3)30(25,26)22-6-8-28-9-7-22/h4-5,10H,6-9H2,1-3H3,(H2,20,23)(H,21,24). The van der Waals surface area contributed by atoms with Crippen LogP contribution in [-0.2, 0) is 14.8 Å². The third-order valence-electron chi connectivity index (χ3n) is 4.88. The second-order valence-electron chi connectivity index (χ2n) is 6.68. The third kappa shape index (κ3) is 4.19. The zero-order valence-electron chi connectivity index (χ0n) is 16.9. The number of anilines is 1. The van der Waals surface area contributed by atoms with Crippen LogP contribution in [0.1, 0.15) is 31.2 Å². The van der Waals surface area contributed by atoms with E-state index in [9.17, 15) is 18.0 Å². The summed E-state index contributed by atoms with van der Waals surface area (Å²) in [6.45, 7) is 4.68. The summed E-state index contributed by atoms with van der Waals surface area (Å²) in [7, 11) is -2.41. The van der Waals surface area contributed by atoms with E-state index in [1.807, 2.05) is 6.92 Å². The lowest BCUT2D eigenvalue weighted by molar-refractivity contribution is 0.0730. The van der Waals surface area contributed by atoms with Crippen LogP contribution in [0, 0.1) is 13.8 Å². The van der Waals surface area contributed by atoms with Crippen molar-refractivity contribution >= 4 is 38.2 Å². The molecule has 0 bridgehead atoms. The maximum Gasteiger partial charge on any atom is 0.260 e. The number of primary amides is 1. The van der Waals surface area contributed by atoms with Crippen LogP contribution in [0.2, 0.25) is 0 Å². The number of carbonyl (C=O) groups is 2. The van der Waals surface area contributed by atoms with Crippen LogP contribution in [0.4, 0.5) is 5.00 Å². The van der Waals surface area contributed by atoms with Gasteiger partial charge >= 0.3 is 0 Å². The van der Waals surface area contributed by atoms with Gasteiger partial charge in [0.1, 0.15) is 10.8 Å². The summed E-state index contributed by atoms with van der Waals surface area (Å²) < 4.78 is 37.7. The van der Waals surface area contributed by atoms with Crippen molar-refractivity contribution in [2.75, 3.05) is 38.7 Å². The molecule has 0 aliphatic carbocycles. The van der Waals surface area contributed by atoms with Crippen molar-refractivity contribution in [2.24, 2.45) is 5.73 Å². The lowest BCUT2D eigenvalue weighted by Crippen LogP contribution is -2.40. The van der Waals surface area contributed by atoms with Crippen molar-refractivity contribution in [2.45, 2.75) is 18.7 Å². The average Bonchev–Trinajstić information content (AvgIpc) is 3.01. The van der Waals surface area contributed by atoms with Gasteiger partial charge in [-0.3, -0.25) is 9.59 Å². The number of ether oxygens (including phenoxy) is 2. The van der Waals surface area contributed by atoms with Crippen molar-refractivity contribution < 1.29 is 27.5 Å². The molecule has 30 heavy (non-hydrogen) atoms. The fourth-order valence-corrected chi connectivity index (χ4v) is 5.64. The Morgan fingerprint density at radius 2 is 1.90 bits per heavy atom. The molecule has 3 rings (SSSR count). The van der Waals surface area contributed by atoms with Gasteiger partial charge in [-0.1, -0.05) is 0 Å². The Bertz CT molecular complexity index is 1090. The predicted octanol–water partition coefficient (Wildman–Crippen LogP) is 1.75. The second-order valence-corrected chi connectivity index (χ2v) is 9.85. The molecule has 162 valence electrons. The Kier molecular flexibility index (Phi) is 6.46. The fourth-order valence-electron chi connectivity index (χ4n) is 3.14. The zero-order valence-corrected chi connectivity index (χ0v) is 18.5. The Labute approximate surface area is 178 Å². The smallest absolute Gasteiger partial charge is 0.260 e. The highest BCUT2D eigenvalue weighted by Crippen LogP contribution is 2.33. The number of nitrogens with zero attached hydrogens (tertiary/aromatic N) is 1. The average molecular weight is 454 g/mol. The minimum atomic E-state index is -3.79. The SMILES string of the molecule is COc1ccc(S(=O)(=O)N2CCOCC2)cc1C(=O)Nc1sc(C)c(C)c1C(N)=O. The monoisotopic (exact) mass is 453 g/mol. The number of sulfonamides is 1. The zero-order chi connectivity index (χ0) is 22.1. The van der Waals surface area contributed by atoms with Crippen LogP contribution in [0.15, 0.2) is 23.1 Å². The number of amides is 2. The van der Waals surface area contributed by atoms with Gasteiger partial charge in [0.25, 0.3) is 11.8 Å². The Morgan fingerprint density at radius 1 is 1.23 bits per heavy atom. The van der Waals surface area contributed by atoms with Crippen LogP contribution in [0.5, 0.6) is 5.75 Å². The van der Waals surface area contributed by atoms with E-state index in [0.717, 1.165) is 4.88 Å². The molecule has 1 aliphatic rings. The van der Waals surface area contributed by atoms with Crippen LogP contribution in [0.25, 0.3) is 0 Å². The Morgan fingerprint density at radius 3 is 2.50 bits per heavy atom. The number of aryl methyl sites for hydroxylation is 1. The van der Waals surface area contributed by atoms with Gasteiger partial charge in [0.2, 0.25) is 10.0 Å². The van der Waals surface area contributed by atoms with Gasteiger partial charge in [-0.25, -0.2) is 8.42 Å². The summed E-state index contributed by atoms with van der Waals surface area (Å²) in [5.74, 6) is -1.04. The van der Waals surface area contributed by atoms with Gasteiger partial charge in [-0.2, -0.15) is 4.31 Å².